The van der Waals surface area contributed by atoms with Crippen LogP contribution in [-0.2, 0) is 9.47 Å². The zero-order chi connectivity index (χ0) is 15.3. The lowest BCUT2D eigenvalue weighted by Gasteiger charge is -2.32. The van der Waals surface area contributed by atoms with Gasteiger partial charge >= 0.3 is 0 Å². The lowest BCUT2D eigenvalue weighted by Crippen LogP contribution is -2.58. The average molecular weight is 292 g/mol. The quantitative estimate of drug-likeness (QED) is 0.391. The molecule has 2 aliphatic carbocycles. The van der Waals surface area contributed by atoms with Gasteiger partial charge in [0.25, 0.3) is 0 Å². The number of nitrogens with two attached hydrogens (primary N) is 4. The molecule has 2 aliphatic rings. The van der Waals surface area contributed by atoms with Crippen molar-refractivity contribution in [2.75, 3.05) is 13.2 Å². The molecule has 2 rings (SSSR count). The van der Waals surface area contributed by atoms with E-state index in [1.165, 1.54) is 0 Å². The molecule has 0 saturated heterocycles. The summed E-state index contributed by atoms with van der Waals surface area (Å²) in [6, 6.07) is 0. The lowest BCUT2D eigenvalue weighted by atomic mass is 10.00. The Balaban J connectivity index is 1.67. The molecule has 0 aliphatic heterocycles. The van der Waals surface area contributed by atoms with E-state index < -0.39 is 11.3 Å². The van der Waals surface area contributed by atoms with Crippen molar-refractivity contribution in [1.82, 2.24) is 0 Å². The maximum Gasteiger partial charge on any atom is 0.114 e. The number of ether oxygens (including phenoxy) is 2. The van der Waals surface area contributed by atoms with Crippen LogP contribution in [0.15, 0.2) is 48.6 Å². The molecule has 6 nitrogen and oxygen atoms in total. The van der Waals surface area contributed by atoms with Crippen LogP contribution in [0.1, 0.15) is 6.42 Å². The summed E-state index contributed by atoms with van der Waals surface area (Å²) < 4.78 is 11.4. The van der Waals surface area contributed by atoms with Crippen molar-refractivity contribution in [2.45, 2.75) is 30.0 Å². The second-order valence-electron chi connectivity index (χ2n) is 5.42. The van der Waals surface area contributed by atoms with Gasteiger partial charge in [0.1, 0.15) is 23.5 Å². The van der Waals surface area contributed by atoms with Crippen molar-refractivity contribution in [1.29, 1.82) is 0 Å². The molecule has 0 heterocycles. The molecule has 0 saturated carbocycles. The molecule has 116 valence electrons. The fraction of sp³-hybridized carbons (Fsp3) is 0.467. The fourth-order valence-electron chi connectivity index (χ4n) is 2.18. The molecule has 2 unspecified atom stereocenters. The van der Waals surface area contributed by atoms with E-state index >= 15 is 0 Å². The van der Waals surface area contributed by atoms with Crippen molar-refractivity contribution >= 4 is 0 Å². The first-order valence-corrected chi connectivity index (χ1v) is 7.02. The first kappa shape index (κ1) is 16.1. The van der Waals surface area contributed by atoms with Gasteiger partial charge in [-0.1, -0.05) is 36.5 Å². The smallest absolute Gasteiger partial charge is 0.114 e. The summed E-state index contributed by atoms with van der Waals surface area (Å²) in [5.41, 5.74) is 21.8. The van der Waals surface area contributed by atoms with E-state index in [1.54, 1.807) is 12.2 Å². The molecule has 2 atom stereocenters. The van der Waals surface area contributed by atoms with Gasteiger partial charge in [0, 0.05) is 13.2 Å². The Morgan fingerprint density at radius 2 is 1.14 bits per heavy atom. The summed E-state index contributed by atoms with van der Waals surface area (Å²) in [4.78, 5) is 0. The van der Waals surface area contributed by atoms with Gasteiger partial charge in [-0.2, -0.15) is 0 Å². The maximum atomic E-state index is 5.92. The monoisotopic (exact) mass is 292 g/mol. The minimum atomic E-state index is -0.962. The molecule has 0 aromatic carbocycles. The summed E-state index contributed by atoms with van der Waals surface area (Å²) in [5, 5.41) is 0. The van der Waals surface area contributed by atoms with Crippen molar-refractivity contribution < 1.29 is 9.47 Å². The summed E-state index contributed by atoms with van der Waals surface area (Å²) in [5.74, 6) is 0. The van der Waals surface area contributed by atoms with E-state index in [2.05, 4.69) is 0 Å². The van der Waals surface area contributed by atoms with Crippen LogP contribution in [0.4, 0.5) is 0 Å². The lowest BCUT2D eigenvalue weighted by molar-refractivity contribution is 0.00736. The molecule has 0 aromatic rings. The standard InChI is InChI=1S/C15H24N4O2/c16-14(17)8-3-1-6-12(14)20-10-5-11-21-13-7-2-4-9-15(13,18)19/h1-4,6-9,12-13H,5,10-11,16-19H2. The summed E-state index contributed by atoms with van der Waals surface area (Å²) in [6.45, 7) is 0.987. The fourth-order valence-corrected chi connectivity index (χ4v) is 2.18. The van der Waals surface area contributed by atoms with E-state index in [0.29, 0.717) is 19.6 Å². The van der Waals surface area contributed by atoms with Gasteiger partial charge in [-0.15, -0.1) is 0 Å². The predicted octanol–water partition coefficient (Wildman–Crippen LogP) is -0.374. The topological polar surface area (TPSA) is 123 Å². The second kappa shape index (κ2) is 6.65. The first-order valence-electron chi connectivity index (χ1n) is 7.02. The second-order valence-corrected chi connectivity index (χ2v) is 5.42. The largest absolute Gasteiger partial charge is 0.370 e. The van der Waals surface area contributed by atoms with Crippen molar-refractivity contribution in [3.05, 3.63) is 48.6 Å². The van der Waals surface area contributed by atoms with Crippen LogP contribution in [0.5, 0.6) is 0 Å². The van der Waals surface area contributed by atoms with E-state index in [9.17, 15) is 0 Å². The number of hydrogen-bond acceptors (Lipinski definition) is 6. The predicted molar refractivity (Wildman–Crippen MR) is 82.9 cm³/mol. The van der Waals surface area contributed by atoms with Crippen LogP contribution < -0.4 is 22.9 Å². The van der Waals surface area contributed by atoms with Crippen LogP contribution in [0.3, 0.4) is 0 Å². The molecule has 0 aromatic heterocycles. The van der Waals surface area contributed by atoms with Crippen LogP contribution in [0, 0.1) is 0 Å². The van der Waals surface area contributed by atoms with Gasteiger partial charge in [0.2, 0.25) is 0 Å². The van der Waals surface area contributed by atoms with E-state index in [4.69, 9.17) is 32.4 Å². The molecule has 0 radical (unpaired) electrons. The van der Waals surface area contributed by atoms with Crippen molar-refractivity contribution in [3.63, 3.8) is 0 Å². The Morgan fingerprint density at radius 1 is 0.714 bits per heavy atom. The Morgan fingerprint density at radius 3 is 1.52 bits per heavy atom. The highest BCUT2D eigenvalue weighted by atomic mass is 16.5. The van der Waals surface area contributed by atoms with Crippen LogP contribution in [-0.4, -0.2) is 36.7 Å². The van der Waals surface area contributed by atoms with Crippen LogP contribution in [0.25, 0.3) is 0 Å². The summed E-state index contributed by atoms with van der Waals surface area (Å²) >= 11 is 0. The van der Waals surface area contributed by atoms with Gasteiger partial charge in [-0.25, -0.2) is 0 Å². The van der Waals surface area contributed by atoms with Crippen LogP contribution >= 0.6 is 0 Å². The maximum absolute atomic E-state index is 5.92. The Hall–Kier alpha value is -1.28. The van der Waals surface area contributed by atoms with Crippen molar-refractivity contribution in [2.24, 2.45) is 22.9 Å². The SMILES string of the molecule is NC1(N)C=CC=CC1OCCCOC1C=CC=CC1(N)N. The molecular formula is C15H24N4O2. The zero-order valence-electron chi connectivity index (χ0n) is 12.0. The zero-order valence-corrected chi connectivity index (χ0v) is 12.0. The Labute approximate surface area is 125 Å². The first-order chi connectivity index (χ1) is 9.92. The number of rotatable bonds is 6. The molecule has 8 N–H and O–H groups in total. The van der Waals surface area contributed by atoms with E-state index in [1.807, 2.05) is 36.5 Å². The molecule has 6 heteroatoms. The molecule has 0 fully saturated rings. The molecule has 0 amide bonds. The molecular weight excluding hydrogens is 268 g/mol. The van der Waals surface area contributed by atoms with Crippen LogP contribution in [0.2, 0.25) is 0 Å². The average Bonchev–Trinajstić information content (AvgIpc) is 2.41. The molecule has 21 heavy (non-hydrogen) atoms. The normalized spacial score (nSPS) is 29.0. The van der Waals surface area contributed by atoms with Gasteiger partial charge in [-0.05, 0) is 18.6 Å². The third-order valence-electron chi connectivity index (χ3n) is 3.43. The van der Waals surface area contributed by atoms with E-state index in [-0.39, 0.29) is 12.2 Å². The van der Waals surface area contributed by atoms with E-state index in [0.717, 1.165) is 0 Å². The van der Waals surface area contributed by atoms with Gasteiger partial charge in [-0.3, -0.25) is 0 Å². The Bertz CT molecular complexity index is 424. The molecule has 0 spiro atoms. The van der Waals surface area contributed by atoms with Gasteiger partial charge < -0.3 is 32.4 Å². The number of allylic oxidation sites excluding steroid dienone is 4. The highest BCUT2D eigenvalue weighted by molar-refractivity contribution is 5.24. The minimum absolute atomic E-state index is 0.330. The molecule has 0 bridgehead atoms. The highest BCUT2D eigenvalue weighted by Gasteiger charge is 2.29. The van der Waals surface area contributed by atoms with Gasteiger partial charge in [0.05, 0.1) is 0 Å². The third kappa shape index (κ3) is 4.34. The minimum Gasteiger partial charge on any atom is -0.370 e. The van der Waals surface area contributed by atoms with Crippen molar-refractivity contribution in [3.8, 4) is 0 Å². The summed E-state index contributed by atoms with van der Waals surface area (Å²) in [6.07, 6.45) is 14.6. The summed E-state index contributed by atoms with van der Waals surface area (Å²) in [7, 11) is 0. The number of hydrogen-bond donors (Lipinski definition) is 4. The Kier molecular flexibility index (Phi) is 5.10. The van der Waals surface area contributed by atoms with Gasteiger partial charge in [0.15, 0.2) is 0 Å². The third-order valence-corrected chi connectivity index (χ3v) is 3.43. The highest BCUT2D eigenvalue weighted by Crippen LogP contribution is 2.15.